The van der Waals surface area contributed by atoms with Crippen molar-refractivity contribution in [3.05, 3.63) is 53.2 Å². The zero-order valence-corrected chi connectivity index (χ0v) is 20.6. The Hall–Kier alpha value is -4.57. The molecule has 0 radical (unpaired) electrons. The van der Waals surface area contributed by atoms with E-state index in [2.05, 4.69) is 51.1 Å². The van der Waals surface area contributed by atoms with Gasteiger partial charge in [0.1, 0.15) is 11.1 Å². The zero-order valence-electron chi connectivity index (χ0n) is 19.9. The van der Waals surface area contributed by atoms with Gasteiger partial charge in [0.2, 0.25) is 11.9 Å². The van der Waals surface area contributed by atoms with Crippen molar-refractivity contribution in [2.24, 2.45) is 0 Å². The molecule has 0 bridgehead atoms. The summed E-state index contributed by atoms with van der Waals surface area (Å²) in [4.78, 5) is 27.0. The summed E-state index contributed by atoms with van der Waals surface area (Å²) in [5, 5.41) is 30.8. The van der Waals surface area contributed by atoms with Crippen LogP contribution < -0.4 is 20.9 Å². The van der Waals surface area contributed by atoms with Crippen molar-refractivity contribution in [3.63, 3.8) is 0 Å². The van der Waals surface area contributed by atoms with Gasteiger partial charge in [0.05, 0.1) is 12.6 Å². The number of anilines is 4. The monoisotopic (exact) mass is 518 g/mol. The Morgan fingerprint density at radius 1 is 1.22 bits per heavy atom. The predicted molar refractivity (Wildman–Crippen MR) is 137 cm³/mol. The second-order valence-electron chi connectivity index (χ2n) is 8.41. The maximum absolute atomic E-state index is 11.6. The van der Waals surface area contributed by atoms with Gasteiger partial charge < -0.3 is 20.9 Å². The van der Waals surface area contributed by atoms with Crippen molar-refractivity contribution in [2.45, 2.75) is 25.3 Å². The molecule has 4 aromatic heterocycles. The van der Waals surface area contributed by atoms with Crippen LogP contribution in [0.4, 0.5) is 23.3 Å². The number of rotatable bonds is 7. The SMILES string of the molecule is CNC(=O)Cc1nc2cc(Nc3ncc(Cl)c(NC4CCN(c5ccc(C#N)nn5)CC4)n3)ccn2n1. The topological polar surface area (TPSA) is 162 Å². The van der Waals surface area contributed by atoms with E-state index in [-0.39, 0.29) is 18.4 Å². The number of nitrogens with one attached hydrogen (secondary N) is 3. The van der Waals surface area contributed by atoms with E-state index in [1.165, 1.54) is 0 Å². The maximum Gasteiger partial charge on any atom is 0.229 e. The number of hydrogen-bond donors (Lipinski definition) is 3. The van der Waals surface area contributed by atoms with Gasteiger partial charge in [0.25, 0.3) is 0 Å². The minimum Gasteiger partial charge on any atom is -0.366 e. The largest absolute Gasteiger partial charge is 0.366 e. The summed E-state index contributed by atoms with van der Waals surface area (Å²) in [7, 11) is 1.57. The van der Waals surface area contributed by atoms with E-state index in [1.54, 1.807) is 36.1 Å². The molecule has 0 saturated carbocycles. The molecule has 1 saturated heterocycles. The summed E-state index contributed by atoms with van der Waals surface area (Å²) in [6.45, 7) is 1.57. The Kier molecular flexibility index (Phi) is 6.91. The van der Waals surface area contributed by atoms with Crippen LogP contribution in [0.1, 0.15) is 24.4 Å². The second-order valence-corrected chi connectivity index (χ2v) is 8.81. The quantitative estimate of drug-likeness (QED) is 0.327. The lowest BCUT2D eigenvalue weighted by atomic mass is 10.1. The zero-order chi connectivity index (χ0) is 25.8. The summed E-state index contributed by atoms with van der Waals surface area (Å²) in [6.07, 6.45) is 5.12. The average molecular weight is 519 g/mol. The first-order valence-corrected chi connectivity index (χ1v) is 12.0. The molecule has 5 heterocycles. The molecule has 1 amide bonds. The van der Waals surface area contributed by atoms with Gasteiger partial charge in [-0.3, -0.25) is 4.79 Å². The molecular weight excluding hydrogens is 496 g/mol. The molecular formula is C23H23ClN12O. The number of amides is 1. The van der Waals surface area contributed by atoms with Gasteiger partial charge in [-0.2, -0.15) is 15.3 Å². The fourth-order valence-corrected chi connectivity index (χ4v) is 4.12. The molecule has 4 aromatic rings. The number of carbonyl (C=O) groups excluding carboxylic acids is 1. The van der Waals surface area contributed by atoms with E-state index in [0.717, 1.165) is 37.4 Å². The minimum atomic E-state index is -0.155. The molecule has 0 atom stereocenters. The number of nitrogens with zero attached hydrogens (tertiary/aromatic N) is 9. The van der Waals surface area contributed by atoms with Crippen LogP contribution in [0.3, 0.4) is 0 Å². The van der Waals surface area contributed by atoms with E-state index >= 15 is 0 Å². The fourth-order valence-electron chi connectivity index (χ4n) is 3.97. The lowest BCUT2D eigenvalue weighted by Crippen LogP contribution is -2.39. The lowest BCUT2D eigenvalue weighted by Gasteiger charge is -2.33. The van der Waals surface area contributed by atoms with Gasteiger partial charge in [-0.15, -0.1) is 10.2 Å². The fraction of sp³-hybridized carbons (Fsp3) is 0.304. The molecule has 5 rings (SSSR count). The van der Waals surface area contributed by atoms with E-state index in [4.69, 9.17) is 16.9 Å². The van der Waals surface area contributed by atoms with Crippen molar-refractivity contribution < 1.29 is 4.79 Å². The van der Waals surface area contributed by atoms with E-state index in [1.807, 2.05) is 18.2 Å². The third kappa shape index (κ3) is 5.65. The Morgan fingerprint density at radius 3 is 2.78 bits per heavy atom. The van der Waals surface area contributed by atoms with Crippen molar-refractivity contribution in [3.8, 4) is 6.07 Å². The molecule has 0 aliphatic carbocycles. The molecule has 0 unspecified atom stereocenters. The molecule has 188 valence electrons. The summed E-state index contributed by atoms with van der Waals surface area (Å²) in [5.41, 5.74) is 1.61. The van der Waals surface area contributed by atoms with Crippen molar-refractivity contribution in [2.75, 3.05) is 35.7 Å². The number of carbonyl (C=O) groups is 1. The molecule has 1 aliphatic heterocycles. The van der Waals surface area contributed by atoms with Crippen LogP contribution in [-0.4, -0.2) is 66.8 Å². The number of piperidine rings is 1. The first-order valence-electron chi connectivity index (χ1n) is 11.6. The van der Waals surface area contributed by atoms with E-state index in [9.17, 15) is 4.79 Å². The van der Waals surface area contributed by atoms with Crippen molar-refractivity contribution in [1.29, 1.82) is 5.26 Å². The van der Waals surface area contributed by atoms with Crippen LogP contribution in [0.15, 0.2) is 36.7 Å². The van der Waals surface area contributed by atoms with Gasteiger partial charge in [-0.25, -0.2) is 14.5 Å². The number of nitriles is 1. The summed E-state index contributed by atoms with van der Waals surface area (Å²) in [5.74, 6) is 1.97. The number of fused-ring (bicyclic) bond motifs is 1. The number of pyridine rings is 1. The Morgan fingerprint density at radius 2 is 2.05 bits per heavy atom. The first-order chi connectivity index (χ1) is 18.0. The van der Waals surface area contributed by atoms with Gasteiger partial charge in [0, 0.05) is 44.1 Å². The van der Waals surface area contributed by atoms with Gasteiger partial charge in [-0.1, -0.05) is 11.6 Å². The molecule has 1 aliphatic rings. The Labute approximate surface area is 216 Å². The molecule has 3 N–H and O–H groups in total. The van der Waals surface area contributed by atoms with Crippen LogP contribution in [0.25, 0.3) is 5.65 Å². The Bertz CT molecular complexity index is 1460. The smallest absolute Gasteiger partial charge is 0.229 e. The number of hydrogen-bond acceptors (Lipinski definition) is 11. The van der Waals surface area contributed by atoms with Crippen LogP contribution in [-0.2, 0) is 11.2 Å². The predicted octanol–water partition coefficient (Wildman–Crippen LogP) is 1.95. The highest BCUT2D eigenvalue weighted by molar-refractivity contribution is 6.32. The third-order valence-electron chi connectivity index (χ3n) is 5.90. The normalized spacial score (nSPS) is 13.8. The average Bonchev–Trinajstić information content (AvgIpc) is 3.32. The van der Waals surface area contributed by atoms with Gasteiger partial charge >= 0.3 is 0 Å². The molecule has 13 nitrogen and oxygen atoms in total. The Balaban J connectivity index is 1.22. The minimum absolute atomic E-state index is 0.107. The van der Waals surface area contributed by atoms with E-state index < -0.39 is 0 Å². The van der Waals surface area contributed by atoms with Crippen LogP contribution >= 0.6 is 11.6 Å². The summed E-state index contributed by atoms with van der Waals surface area (Å²) >= 11 is 6.38. The summed E-state index contributed by atoms with van der Waals surface area (Å²) in [6, 6.07) is 9.26. The molecule has 0 aromatic carbocycles. The number of aromatic nitrogens is 7. The van der Waals surface area contributed by atoms with Crippen LogP contribution in [0.2, 0.25) is 5.02 Å². The number of halogens is 1. The van der Waals surface area contributed by atoms with Crippen molar-refractivity contribution >= 4 is 46.4 Å². The highest BCUT2D eigenvalue weighted by Gasteiger charge is 2.22. The van der Waals surface area contributed by atoms with E-state index in [0.29, 0.717) is 34.0 Å². The molecule has 14 heteroatoms. The molecule has 0 spiro atoms. The van der Waals surface area contributed by atoms with Gasteiger partial charge in [0.15, 0.2) is 28.8 Å². The highest BCUT2D eigenvalue weighted by atomic mass is 35.5. The van der Waals surface area contributed by atoms with Crippen LogP contribution in [0.5, 0.6) is 0 Å². The van der Waals surface area contributed by atoms with Gasteiger partial charge in [-0.05, 0) is 31.0 Å². The molecule has 1 fully saturated rings. The standard InChI is InChI=1S/C23H23ClN12O/c1-26-21(37)11-18-30-20-10-15(6-9-36(20)34-18)29-23-27-13-17(24)22(31-23)28-14-4-7-35(8-5-14)19-3-2-16(12-25)32-33-19/h2-3,6,9-10,13-14H,4-5,7-8,11H2,1H3,(H,26,37)(H2,27,28,29,31). The second kappa shape index (κ2) is 10.6. The summed E-state index contributed by atoms with van der Waals surface area (Å²) < 4.78 is 1.61. The third-order valence-corrected chi connectivity index (χ3v) is 6.18. The number of likely N-dealkylation sites (N-methyl/N-ethyl adjacent to an activating group) is 1. The highest BCUT2D eigenvalue weighted by Crippen LogP contribution is 2.25. The lowest BCUT2D eigenvalue weighted by molar-refractivity contribution is -0.120. The van der Waals surface area contributed by atoms with Crippen molar-refractivity contribution in [1.82, 2.24) is 40.1 Å². The first kappa shape index (κ1) is 24.1. The van der Waals surface area contributed by atoms with Crippen LogP contribution in [0, 0.1) is 11.3 Å². The maximum atomic E-state index is 11.6. The molecule has 37 heavy (non-hydrogen) atoms.